The second-order valence-corrected chi connectivity index (χ2v) is 5.15. The summed E-state index contributed by atoms with van der Waals surface area (Å²) in [6, 6.07) is 0.481. The van der Waals surface area contributed by atoms with Gasteiger partial charge in [0.15, 0.2) is 0 Å². The maximum Gasteiger partial charge on any atom is 0.224 e. The van der Waals surface area contributed by atoms with Crippen LogP contribution in [0.1, 0.15) is 45.4 Å². The van der Waals surface area contributed by atoms with Crippen molar-refractivity contribution in [1.29, 1.82) is 0 Å². The Hall–Kier alpha value is -0.570. The molecule has 1 saturated heterocycles. The number of rotatable bonds is 2. The van der Waals surface area contributed by atoms with Crippen molar-refractivity contribution in [2.24, 2.45) is 11.7 Å². The van der Waals surface area contributed by atoms with Gasteiger partial charge >= 0.3 is 0 Å². The summed E-state index contributed by atoms with van der Waals surface area (Å²) < 4.78 is 0. The summed E-state index contributed by atoms with van der Waals surface area (Å²) >= 11 is 0. The molecule has 1 unspecified atom stereocenters. The van der Waals surface area contributed by atoms with Crippen LogP contribution in [-0.2, 0) is 4.79 Å². The van der Waals surface area contributed by atoms with Crippen LogP contribution in [-0.4, -0.2) is 29.4 Å². The third-order valence-corrected chi connectivity index (χ3v) is 4.01. The number of nitrogens with zero attached hydrogens (tertiary/aromatic N) is 1. The van der Waals surface area contributed by atoms with Gasteiger partial charge in [0.2, 0.25) is 5.91 Å². The maximum atomic E-state index is 11.7. The van der Waals surface area contributed by atoms with Crippen LogP contribution >= 0.6 is 0 Å². The van der Waals surface area contributed by atoms with Gasteiger partial charge in [0, 0.05) is 25.0 Å². The molecule has 1 amide bonds. The summed E-state index contributed by atoms with van der Waals surface area (Å²) in [6.45, 7) is 2.97. The first-order valence-corrected chi connectivity index (χ1v) is 6.23. The smallest absolute Gasteiger partial charge is 0.224 e. The van der Waals surface area contributed by atoms with Crippen LogP contribution in [0.2, 0.25) is 0 Å². The van der Waals surface area contributed by atoms with Gasteiger partial charge in [0.1, 0.15) is 0 Å². The Balaban J connectivity index is 1.94. The van der Waals surface area contributed by atoms with Gasteiger partial charge < -0.3 is 10.6 Å². The molecule has 1 aliphatic heterocycles. The average molecular weight is 210 g/mol. The molecule has 0 aromatic rings. The van der Waals surface area contributed by atoms with E-state index in [0.717, 1.165) is 6.54 Å². The van der Waals surface area contributed by atoms with Crippen LogP contribution in [0.25, 0.3) is 0 Å². The van der Waals surface area contributed by atoms with Crippen LogP contribution in [0.3, 0.4) is 0 Å². The van der Waals surface area contributed by atoms with Gasteiger partial charge in [-0.2, -0.15) is 0 Å². The minimum absolute atomic E-state index is 0.0727. The Morgan fingerprint density at radius 3 is 2.53 bits per heavy atom. The molecule has 2 aliphatic rings. The van der Waals surface area contributed by atoms with Crippen LogP contribution in [0.4, 0.5) is 0 Å². The molecule has 1 heterocycles. The van der Waals surface area contributed by atoms with Crippen LogP contribution < -0.4 is 5.73 Å². The van der Waals surface area contributed by atoms with E-state index < -0.39 is 0 Å². The lowest BCUT2D eigenvalue weighted by molar-refractivity contribution is -0.130. The molecule has 0 spiro atoms. The van der Waals surface area contributed by atoms with Crippen LogP contribution in [0.5, 0.6) is 0 Å². The number of hydrogen-bond donors (Lipinski definition) is 1. The fourth-order valence-corrected chi connectivity index (χ4v) is 3.03. The van der Waals surface area contributed by atoms with E-state index >= 15 is 0 Å². The minimum atomic E-state index is 0.0727. The zero-order chi connectivity index (χ0) is 10.8. The molecule has 0 aromatic heterocycles. The highest BCUT2D eigenvalue weighted by Crippen LogP contribution is 2.30. The molecular formula is C12H22N2O. The molecule has 0 radical (unpaired) electrons. The quantitative estimate of drug-likeness (QED) is 0.751. The first-order valence-electron chi connectivity index (χ1n) is 6.23. The Morgan fingerprint density at radius 1 is 1.33 bits per heavy atom. The Kier molecular flexibility index (Phi) is 3.29. The number of amides is 1. The topological polar surface area (TPSA) is 46.3 Å². The first-order chi connectivity index (χ1) is 7.18. The van der Waals surface area contributed by atoms with Crippen molar-refractivity contribution < 1.29 is 4.79 Å². The Labute approximate surface area is 92.0 Å². The summed E-state index contributed by atoms with van der Waals surface area (Å²) in [5, 5.41) is 0. The zero-order valence-corrected chi connectivity index (χ0v) is 9.61. The molecular weight excluding hydrogens is 188 g/mol. The van der Waals surface area contributed by atoms with Gasteiger partial charge in [-0.15, -0.1) is 0 Å². The predicted molar refractivity (Wildman–Crippen MR) is 60.3 cm³/mol. The number of hydrogen-bond acceptors (Lipinski definition) is 2. The van der Waals surface area contributed by atoms with Gasteiger partial charge in [-0.1, -0.05) is 19.3 Å². The van der Waals surface area contributed by atoms with Gasteiger partial charge in [0.25, 0.3) is 0 Å². The van der Waals surface area contributed by atoms with Crippen molar-refractivity contribution in [1.82, 2.24) is 4.90 Å². The van der Waals surface area contributed by atoms with E-state index in [2.05, 4.69) is 6.92 Å². The van der Waals surface area contributed by atoms with Crippen molar-refractivity contribution in [3.8, 4) is 0 Å². The first kappa shape index (κ1) is 10.9. The van der Waals surface area contributed by atoms with Crippen molar-refractivity contribution in [2.45, 2.75) is 57.5 Å². The molecule has 1 saturated carbocycles. The molecule has 1 aliphatic carbocycles. The second-order valence-electron chi connectivity index (χ2n) is 5.15. The molecule has 3 nitrogen and oxygen atoms in total. The van der Waals surface area contributed by atoms with E-state index in [1.807, 2.05) is 4.90 Å². The number of nitrogens with two attached hydrogens (primary N) is 1. The van der Waals surface area contributed by atoms with Gasteiger partial charge in [-0.3, -0.25) is 4.79 Å². The molecule has 3 heteroatoms. The molecule has 86 valence electrons. The highest BCUT2D eigenvalue weighted by atomic mass is 16.2. The van der Waals surface area contributed by atoms with E-state index in [1.165, 1.54) is 32.1 Å². The summed E-state index contributed by atoms with van der Waals surface area (Å²) in [5.74, 6) is 0.980. The van der Waals surface area contributed by atoms with E-state index in [4.69, 9.17) is 5.73 Å². The summed E-state index contributed by atoms with van der Waals surface area (Å²) in [4.78, 5) is 13.7. The van der Waals surface area contributed by atoms with Gasteiger partial charge in [0.05, 0.1) is 0 Å². The lowest BCUT2D eigenvalue weighted by Gasteiger charge is -2.34. The molecule has 2 N–H and O–H groups in total. The highest BCUT2D eigenvalue weighted by molar-refractivity contribution is 5.79. The summed E-state index contributed by atoms with van der Waals surface area (Å²) in [5.41, 5.74) is 5.82. The predicted octanol–water partition coefficient (Wildman–Crippen LogP) is 1.51. The lowest BCUT2D eigenvalue weighted by atomic mass is 9.84. The fraction of sp³-hybridized carbons (Fsp3) is 0.917. The molecule has 15 heavy (non-hydrogen) atoms. The highest BCUT2D eigenvalue weighted by Gasteiger charge is 2.34. The Bertz CT molecular complexity index is 236. The third-order valence-electron chi connectivity index (χ3n) is 4.01. The maximum absolute atomic E-state index is 11.7. The number of likely N-dealkylation sites (tertiary alicyclic amines) is 1. The monoisotopic (exact) mass is 210 g/mol. The normalized spacial score (nSPS) is 30.9. The van der Waals surface area contributed by atoms with Crippen LogP contribution in [0, 0.1) is 5.92 Å². The van der Waals surface area contributed by atoms with E-state index in [9.17, 15) is 4.79 Å². The summed E-state index contributed by atoms with van der Waals surface area (Å²) in [6.07, 6.45) is 7.18. The fourth-order valence-electron chi connectivity index (χ4n) is 3.03. The van der Waals surface area contributed by atoms with E-state index in [0.29, 0.717) is 18.4 Å². The van der Waals surface area contributed by atoms with Crippen molar-refractivity contribution in [3.63, 3.8) is 0 Å². The van der Waals surface area contributed by atoms with Crippen molar-refractivity contribution >= 4 is 5.91 Å². The summed E-state index contributed by atoms with van der Waals surface area (Å²) in [7, 11) is 0. The SMILES string of the molecule is C[C@@H](C1CCCCC1)N1CC(N)CC1=O. The van der Waals surface area contributed by atoms with Crippen LogP contribution in [0.15, 0.2) is 0 Å². The molecule has 2 rings (SSSR count). The lowest BCUT2D eigenvalue weighted by Crippen LogP contribution is -2.41. The molecule has 2 atom stereocenters. The number of carbonyl (C=O) groups excluding carboxylic acids is 1. The van der Waals surface area contributed by atoms with Crippen molar-refractivity contribution in [2.75, 3.05) is 6.54 Å². The van der Waals surface area contributed by atoms with Gasteiger partial charge in [-0.05, 0) is 25.7 Å². The van der Waals surface area contributed by atoms with E-state index in [1.54, 1.807) is 0 Å². The van der Waals surface area contributed by atoms with Crippen molar-refractivity contribution in [3.05, 3.63) is 0 Å². The second kappa shape index (κ2) is 4.52. The largest absolute Gasteiger partial charge is 0.338 e. The zero-order valence-electron chi connectivity index (χ0n) is 9.61. The van der Waals surface area contributed by atoms with Gasteiger partial charge in [-0.25, -0.2) is 0 Å². The number of carbonyl (C=O) groups is 1. The minimum Gasteiger partial charge on any atom is -0.338 e. The molecule has 0 bridgehead atoms. The molecule has 2 fully saturated rings. The van der Waals surface area contributed by atoms with E-state index in [-0.39, 0.29) is 11.9 Å². The third kappa shape index (κ3) is 2.33. The standard InChI is InChI=1S/C12H22N2O/c1-9(10-5-3-2-4-6-10)14-8-11(13)7-12(14)15/h9-11H,2-8,13H2,1H3/t9-,11?/m0/s1. The molecule has 0 aromatic carbocycles. The average Bonchev–Trinajstić information content (AvgIpc) is 2.58. The Morgan fingerprint density at radius 2 is 2.00 bits per heavy atom.